The first-order chi connectivity index (χ1) is 10.2. The standard InChI is InChI=1S/C16H14FNO2S/c17-14-7-2-1-5-12(14)11-18-16(20)15-9-8-13(21-15)6-3-4-10-19/h1-2,5,7-9,19H,4,10-11H2,(H,18,20). The summed E-state index contributed by atoms with van der Waals surface area (Å²) in [5.74, 6) is 5.09. The van der Waals surface area contributed by atoms with Gasteiger partial charge in [-0.15, -0.1) is 11.3 Å². The van der Waals surface area contributed by atoms with Gasteiger partial charge in [0.15, 0.2) is 0 Å². The summed E-state index contributed by atoms with van der Waals surface area (Å²) < 4.78 is 13.4. The van der Waals surface area contributed by atoms with Gasteiger partial charge < -0.3 is 10.4 Å². The third-order valence-electron chi connectivity index (χ3n) is 2.68. The van der Waals surface area contributed by atoms with E-state index in [0.717, 1.165) is 4.88 Å². The molecule has 3 nitrogen and oxygen atoms in total. The molecule has 2 N–H and O–H groups in total. The predicted octanol–water partition coefficient (Wildman–Crippen LogP) is 2.55. The Morgan fingerprint density at radius 1 is 1.29 bits per heavy atom. The van der Waals surface area contributed by atoms with Gasteiger partial charge in [0.05, 0.1) is 16.4 Å². The first-order valence-corrected chi connectivity index (χ1v) is 7.23. The van der Waals surface area contributed by atoms with E-state index < -0.39 is 0 Å². The zero-order valence-corrected chi connectivity index (χ0v) is 12.0. The number of amides is 1. The molecule has 1 aromatic carbocycles. The third-order valence-corrected chi connectivity index (χ3v) is 3.67. The molecule has 1 heterocycles. The number of aliphatic hydroxyl groups excluding tert-OH is 1. The molecule has 21 heavy (non-hydrogen) atoms. The van der Waals surface area contributed by atoms with Crippen LogP contribution in [0.3, 0.4) is 0 Å². The molecule has 0 saturated heterocycles. The van der Waals surface area contributed by atoms with E-state index >= 15 is 0 Å². The molecule has 0 bridgehead atoms. The van der Waals surface area contributed by atoms with Gasteiger partial charge in [-0.2, -0.15) is 0 Å². The van der Waals surface area contributed by atoms with Crippen LogP contribution in [0.5, 0.6) is 0 Å². The van der Waals surface area contributed by atoms with Crippen LogP contribution in [0.4, 0.5) is 4.39 Å². The van der Waals surface area contributed by atoms with Crippen molar-refractivity contribution in [2.24, 2.45) is 0 Å². The number of benzene rings is 1. The fraction of sp³-hybridized carbons (Fsp3) is 0.188. The number of carbonyl (C=O) groups is 1. The Hall–Kier alpha value is -2.16. The molecular weight excluding hydrogens is 289 g/mol. The van der Waals surface area contributed by atoms with Gasteiger partial charge in [0.25, 0.3) is 5.91 Å². The second kappa shape index (κ2) is 7.58. The summed E-state index contributed by atoms with van der Waals surface area (Å²) in [7, 11) is 0. The van der Waals surface area contributed by atoms with Crippen molar-refractivity contribution in [3.05, 3.63) is 57.5 Å². The lowest BCUT2D eigenvalue weighted by molar-refractivity contribution is 0.0954. The topological polar surface area (TPSA) is 49.3 Å². The van der Waals surface area contributed by atoms with Gasteiger partial charge in [0, 0.05) is 18.5 Å². The Morgan fingerprint density at radius 2 is 2.10 bits per heavy atom. The van der Waals surface area contributed by atoms with Crippen molar-refractivity contribution in [2.45, 2.75) is 13.0 Å². The third kappa shape index (κ3) is 4.42. The largest absolute Gasteiger partial charge is 0.395 e. The minimum Gasteiger partial charge on any atom is -0.395 e. The summed E-state index contributed by atoms with van der Waals surface area (Å²) >= 11 is 1.27. The first kappa shape index (κ1) is 15.2. The number of hydrogen-bond acceptors (Lipinski definition) is 3. The molecule has 0 aliphatic carbocycles. The second-order valence-electron chi connectivity index (χ2n) is 4.21. The maximum atomic E-state index is 13.4. The summed E-state index contributed by atoms with van der Waals surface area (Å²) in [5, 5.41) is 11.3. The molecule has 0 atom stereocenters. The van der Waals surface area contributed by atoms with Crippen LogP contribution in [-0.4, -0.2) is 17.6 Å². The van der Waals surface area contributed by atoms with Crippen molar-refractivity contribution < 1.29 is 14.3 Å². The number of carbonyl (C=O) groups excluding carboxylic acids is 1. The van der Waals surface area contributed by atoms with Gasteiger partial charge in [-0.1, -0.05) is 30.0 Å². The van der Waals surface area contributed by atoms with Crippen LogP contribution in [0.1, 0.15) is 26.5 Å². The quantitative estimate of drug-likeness (QED) is 0.853. The molecule has 0 spiro atoms. The number of aliphatic hydroxyl groups is 1. The van der Waals surface area contributed by atoms with Crippen molar-refractivity contribution >= 4 is 17.2 Å². The second-order valence-corrected chi connectivity index (χ2v) is 5.30. The average Bonchev–Trinajstić information content (AvgIpc) is 2.95. The summed E-state index contributed by atoms with van der Waals surface area (Å²) in [6.07, 6.45) is 0.409. The van der Waals surface area contributed by atoms with Gasteiger partial charge in [-0.05, 0) is 18.2 Å². The van der Waals surface area contributed by atoms with E-state index in [2.05, 4.69) is 17.2 Å². The molecule has 5 heteroatoms. The van der Waals surface area contributed by atoms with Crippen LogP contribution in [0.2, 0.25) is 0 Å². The zero-order valence-electron chi connectivity index (χ0n) is 11.2. The molecule has 0 radical (unpaired) electrons. The molecule has 108 valence electrons. The van der Waals surface area contributed by atoms with Gasteiger partial charge in [-0.3, -0.25) is 4.79 Å². The lowest BCUT2D eigenvalue weighted by Crippen LogP contribution is -2.22. The Morgan fingerprint density at radius 3 is 2.86 bits per heavy atom. The molecule has 0 saturated carbocycles. The molecular formula is C16H14FNO2S. The van der Waals surface area contributed by atoms with E-state index in [0.29, 0.717) is 16.9 Å². The highest BCUT2D eigenvalue weighted by molar-refractivity contribution is 7.14. The van der Waals surface area contributed by atoms with Gasteiger partial charge in [0.1, 0.15) is 5.82 Å². The zero-order chi connectivity index (χ0) is 15.1. The highest BCUT2D eigenvalue weighted by atomic mass is 32.1. The van der Waals surface area contributed by atoms with Crippen molar-refractivity contribution in [3.63, 3.8) is 0 Å². The molecule has 1 aromatic heterocycles. The number of rotatable bonds is 4. The van der Waals surface area contributed by atoms with E-state index in [1.54, 1.807) is 30.3 Å². The highest BCUT2D eigenvalue weighted by Crippen LogP contribution is 2.15. The summed E-state index contributed by atoms with van der Waals surface area (Å²) in [6, 6.07) is 9.77. The van der Waals surface area contributed by atoms with Crippen molar-refractivity contribution in [2.75, 3.05) is 6.61 Å². The first-order valence-electron chi connectivity index (χ1n) is 6.42. The summed E-state index contributed by atoms with van der Waals surface area (Å²) in [5.41, 5.74) is 0.449. The Bertz CT molecular complexity index is 685. The smallest absolute Gasteiger partial charge is 0.261 e. The maximum Gasteiger partial charge on any atom is 0.261 e. The predicted molar refractivity (Wildman–Crippen MR) is 80.5 cm³/mol. The van der Waals surface area contributed by atoms with Gasteiger partial charge in [0.2, 0.25) is 0 Å². The van der Waals surface area contributed by atoms with E-state index in [1.807, 2.05) is 0 Å². The monoisotopic (exact) mass is 303 g/mol. The molecule has 0 unspecified atom stereocenters. The van der Waals surface area contributed by atoms with E-state index in [-0.39, 0.29) is 24.9 Å². The summed E-state index contributed by atoms with van der Waals surface area (Å²) in [6.45, 7) is 0.170. The van der Waals surface area contributed by atoms with E-state index in [9.17, 15) is 9.18 Å². The normalized spacial score (nSPS) is 9.81. The van der Waals surface area contributed by atoms with E-state index in [1.165, 1.54) is 17.4 Å². The number of thiophene rings is 1. The van der Waals surface area contributed by atoms with Crippen molar-refractivity contribution in [3.8, 4) is 11.8 Å². The lowest BCUT2D eigenvalue weighted by Gasteiger charge is -2.04. The lowest BCUT2D eigenvalue weighted by atomic mass is 10.2. The summed E-state index contributed by atoms with van der Waals surface area (Å²) in [4.78, 5) is 13.3. The number of hydrogen-bond donors (Lipinski definition) is 2. The molecule has 0 fully saturated rings. The Kier molecular flexibility index (Phi) is 5.50. The molecule has 2 aromatic rings. The van der Waals surface area contributed by atoms with Crippen molar-refractivity contribution in [1.29, 1.82) is 0 Å². The molecule has 2 rings (SSSR count). The van der Waals surface area contributed by atoms with Crippen LogP contribution in [0.15, 0.2) is 36.4 Å². The Balaban J connectivity index is 1.95. The maximum absolute atomic E-state index is 13.4. The number of nitrogens with one attached hydrogen (secondary N) is 1. The minimum atomic E-state index is -0.334. The number of halogens is 1. The van der Waals surface area contributed by atoms with Gasteiger partial charge in [-0.25, -0.2) is 4.39 Å². The molecule has 0 aliphatic heterocycles. The average molecular weight is 303 g/mol. The van der Waals surface area contributed by atoms with Crippen LogP contribution in [-0.2, 0) is 6.54 Å². The van der Waals surface area contributed by atoms with E-state index in [4.69, 9.17) is 5.11 Å². The fourth-order valence-corrected chi connectivity index (χ4v) is 2.43. The van der Waals surface area contributed by atoms with Crippen LogP contribution in [0, 0.1) is 17.7 Å². The van der Waals surface area contributed by atoms with Crippen LogP contribution < -0.4 is 5.32 Å². The SMILES string of the molecule is O=C(NCc1ccccc1F)c1ccc(C#CCCO)s1. The van der Waals surface area contributed by atoms with Gasteiger partial charge >= 0.3 is 0 Å². The fourth-order valence-electron chi connectivity index (χ4n) is 1.64. The highest BCUT2D eigenvalue weighted by Gasteiger charge is 2.09. The van der Waals surface area contributed by atoms with Crippen LogP contribution >= 0.6 is 11.3 Å². The molecule has 0 aliphatic rings. The van der Waals surface area contributed by atoms with Crippen LogP contribution in [0.25, 0.3) is 0 Å². The minimum absolute atomic E-state index is 0.0222. The van der Waals surface area contributed by atoms with Crippen molar-refractivity contribution in [1.82, 2.24) is 5.32 Å². The Labute approximate surface area is 126 Å². The molecule has 1 amide bonds.